The van der Waals surface area contributed by atoms with Gasteiger partial charge in [-0.1, -0.05) is 40.2 Å². The molecule has 46 valence electrons. The molecule has 0 aliphatic heterocycles. The van der Waals surface area contributed by atoms with Crippen molar-refractivity contribution < 1.29 is 0 Å². The van der Waals surface area contributed by atoms with Gasteiger partial charge in [-0.25, -0.2) is 0 Å². The largest absolute Gasteiger partial charge is 0.0925 e. The molecule has 0 atom stereocenters. The first-order chi connectivity index (χ1) is 3.91. The topological polar surface area (TPSA) is 0 Å². The highest BCUT2D eigenvalue weighted by molar-refractivity contribution is 9.09. The summed E-state index contributed by atoms with van der Waals surface area (Å²) in [4.78, 5) is 0. The molecule has 0 amide bonds. The number of hydrogen-bond donors (Lipinski definition) is 0. The molecule has 0 bridgehead atoms. The molecule has 0 N–H and O–H groups in total. The molecule has 1 heteroatoms. The molecule has 8 heavy (non-hydrogen) atoms. The van der Waals surface area contributed by atoms with E-state index in [1.165, 1.54) is 0 Å². The van der Waals surface area contributed by atoms with Crippen molar-refractivity contribution in [1.29, 1.82) is 0 Å². The minimum atomic E-state index is 1.06. The second-order valence-corrected chi connectivity index (χ2v) is 2.22. The molecule has 0 aliphatic rings. The van der Waals surface area contributed by atoms with Gasteiger partial charge in [-0.2, -0.15) is 0 Å². The fraction of sp³-hybridized carbons (Fsp3) is 0.429. The second kappa shape index (κ2) is 6.96. The van der Waals surface area contributed by atoms with Crippen LogP contribution in [0, 0.1) is 0 Å². The smallest absolute Gasteiger partial charge is 0.00660 e. The first-order valence-corrected chi connectivity index (χ1v) is 3.87. The third-order valence-corrected chi connectivity index (χ3v) is 1.17. The first-order valence-electron chi connectivity index (χ1n) is 2.75. The van der Waals surface area contributed by atoms with Crippen LogP contribution in [0.25, 0.3) is 0 Å². The zero-order chi connectivity index (χ0) is 6.24. The quantitative estimate of drug-likeness (QED) is 0.457. The van der Waals surface area contributed by atoms with Crippen molar-refractivity contribution in [1.82, 2.24) is 0 Å². The van der Waals surface area contributed by atoms with E-state index in [4.69, 9.17) is 0 Å². The zero-order valence-corrected chi connectivity index (χ0v) is 6.69. The van der Waals surface area contributed by atoms with Gasteiger partial charge in [0.05, 0.1) is 0 Å². The molecule has 0 fully saturated rings. The Morgan fingerprint density at radius 1 is 1.38 bits per heavy atom. The molecule has 0 aromatic carbocycles. The van der Waals surface area contributed by atoms with Crippen molar-refractivity contribution >= 4 is 15.9 Å². The van der Waals surface area contributed by atoms with E-state index in [-0.39, 0.29) is 0 Å². The summed E-state index contributed by atoms with van der Waals surface area (Å²) in [5, 5.41) is 1.06. The van der Waals surface area contributed by atoms with Gasteiger partial charge in [0.25, 0.3) is 0 Å². The molecule has 0 saturated heterocycles. The van der Waals surface area contributed by atoms with Gasteiger partial charge in [-0.05, 0) is 13.3 Å². The zero-order valence-electron chi connectivity index (χ0n) is 5.10. The predicted octanol–water partition coefficient (Wildman–Crippen LogP) is 2.90. The van der Waals surface area contributed by atoms with Gasteiger partial charge >= 0.3 is 0 Å². The summed E-state index contributed by atoms with van der Waals surface area (Å²) in [5.41, 5.74) is 0. The summed E-state index contributed by atoms with van der Waals surface area (Å²) >= 11 is 3.33. The van der Waals surface area contributed by atoms with Crippen molar-refractivity contribution in [2.24, 2.45) is 0 Å². The third-order valence-electron chi connectivity index (χ3n) is 0.715. The molecule has 0 aliphatic carbocycles. The van der Waals surface area contributed by atoms with Crippen LogP contribution in [0.1, 0.15) is 13.3 Å². The summed E-state index contributed by atoms with van der Waals surface area (Å²) in [5.74, 6) is 0. The molecule has 0 nitrogen and oxygen atoms in total. The minimum Gasteiger partial charge on any atom is -0.0925 e. The Hall–Kier alpha value is -0.0400. The van der Waals surface area contributed by atoms with Crippen LogP contribution in [-0.4, -0.2) is 5.33 Å². The molecule has 0 unspecified atom stereocenters. The van der Waals surface area contributed by atoms with Gasteiger partial charge in [0, 0.05) is 5.33 Å². The lowest BCUT2D eigenvalue weighted by molar-refractivity contribution is 1.26. The summed E-state index contributed by atoms with van der Waals surface area (Å²) in [6.07, 6.45) is 9.35. The molecule has 0 aromatic rings. The van der Waals surface area contributed by atoms with E-state index < -0.39 is 0 Å². The highest BCUT2D eigenvalue weighted by Gasteiger charge is 1.68. The van der Waals surface area contributed by atoms with Crippen molar-refractivity contribution in [2.45, 2.75) is 13.3 Å². The lowest BCUT2D eigenvalue weighted by Crippen LogP contribution is -1.62. The van der Waals surface area contributed by atoms with Crippen LogP contribution in [0.4, 0.5) is 0 Å². The van der Waals surface area contributed by atoms with E-state index in [0.717, 1.165) is 11.8 Å². The summed E-state index contributed by atoms with van der Waals surface area (Å²) in [7, 11) is 0. The molecule has 0 radical (unpaired) electrons. The van der Waals surface area contributed by atoms with Crippen LogP contribution in [0.3, 0.4) is 0 Å². The average Bonchev–Trinajstić information content (AvgIpc) is 1.81. The number of rotatable bonds is 3. The van der Waals surface area contributed by atoms with Gasteiger partial charge < -0.3 is 0 Å². The van der Waals surface area contributed by atoms with Crippen molar-refractivity contribution in [3.05, 3.63) is 24.3 Å². The Bertz CT molecular complexity index is 82.4. The fourth-order valence-electron chi connectivity index (χ4n) is 0.349. The Kier molecular flexibility index (Phi) is 6.93. The van der Waals surface area contributed by atoms with E-state index >= 15 is 0 Å². The summed E-state index contributed by atoms with van der Waals surface area (Å²) in [6.45, 7) is 2.01. The Labute approximate surface area is 59.4 Å². The van der Waals surface area contributed by atoms with Crippen molar-refractivity contribution in [2.75, 3.05) is 5.33 Å². The van der Waals surface area contributed by atoms with Gasteiger partial charge in [0.1, 0.15) is 0 Å². The van der Waals surface area contributed by atoms with E-state index in [1.54, 1.807) is 0 Å². The van der Waals surface area contributed by atoms with Crippen LogP contribution >= 0.6 is 15.9 Å². The first kappa shape index (κ1) is 7.96. The number of alkyl halides is 1. The number of halogens is 1. The molecular weight excluding hydrogens is 164 g/mol. The SMILES string of the molecule is C/C=C\C=C\CCBr. The highest BCUT2D eigenvalue weighted by Crippen LogP contribution is 1.88. The summed E-state index contributed by atoms with van der Waals surface area (Å²) < 4.78 is 0. The van der Waals surface area contributed by atoms with Crippen molar-refractivity contribution in [3.63, 3.8) is 0 Å². The van der Waals surface area contributed by atoms with Gasteiger partial charge in [0.2, 0.25) is 0 Å². The van der Waals surface area contributed by atoms with Crippen LogP contribution in [0.5, 0.6) is 0 Å². The second-order valence-electron chi connectivity index (χ2n) is 1.43. The molecular formula is C7H11Br. The van der Waals surface area contributed by atoms with Gasteiger partial charge in [0.15, 0.2) is 0 Å². The Balaban J connectivity index is 3.07. The normalized spacial score (nSPS) is 11.8. The predicted molar refractivity (Wildman–Crippen MR) is 42.4 cm³/mol. The monoisotopic (exact) mass is 174 g/mol. The standard InChI is InChI=1S/C7H11Br/c1-2-3-4-5-6-7-8/h2-5H,6-7H2,1H3/b3-2-,5-4+. The lowest BCUT2D eigenvalue weighted by atomic mass is 10.4. The Morgan fingerprint density at radius 2 is 2.12 bits per heavy atom. The van der Waals surface area contributed by atoms with Crippen LogP contribution in [-0.2, 0) is 0 Å². The molecule has 0 aromatic heterocycles. The molecule has 0 heterocycles. The minimum absolute atomic E-state index is 1.06. The lowest BCUT2D eigenvalue weighted by Gasteiger charge is -1.77. The third kappa shape index (κ3) is 5.96. The molecule has 0 spiro atoms. The van der Waals surface area contributed by atoms with E-state index in [9.17, 15) is 0 Å². The molecule has 0 saturated carbocycles. The van der Waals surface area contributed by atoms with Crippen LogP contribution < -0.4 is 0 Å². The van der Waals surface area contributed by atoms with Gasteiger partial charge in [-0.15, -0.1) is 0 Å². The van der Waals surface area contributed by atoms with E-state index in [0.29, 0.717) is 0 Å². The van der Waals surface area contributed by atoms with E-state index in [2.05, 4.69) is 28.1 Å². The maximum Gasteiger partial charge on any atom is 0.00660 e. The van der Waals surface area contributed by atoms with Crippen molar-refractivity contribution in [3.8, 4) is 0 Å². The van der Waals surface area contributed by atoms with Crippen LogP contribution in [0.15, 0.2) is 24.3 Å². The van der Waals surface area contributed by atoms with E-state index in [1.807, 2.05) is 19.1 Å². The number of allylic oxidation sites excluding steroid dienone is 4. The average molecular weight is 175 g/mol. The van der Waals surface area contributed by atoms with Crippen LogP contribution in [0.2, 0.25) is 0 Å². The summed E-state index contributed by atoms with van der Waals surface area (Å²) in [6, 6.07) is 0. The Morgan fingerprint density at radius 3 is 2.62 bits per heavy atom. The fourth-order valence-corrected chi connectivity index (χ4v) is 0.613. The highest BCUT2D eigenvalue weighted by atomic mass is 79.9. The maximum absolute atomic E-state index is 3.33. The van der Waals surface area contributed by atoms with Gasteiger partial charge in [-0.3, -0.25) is 0 Å². The maximum atomic E-state index is 3.33. The molecule has 0 rings (SSSR count). The number of hydrogen-bond acceptors (Lipinski definition) is 0.